The molecule has 1 rings (SSSR count). The summed E-state index contributed by atoms with van der Waals surface area (Å²) >= 11 is 0. The van der Waals surface area contributed by atoms with Crippen molar-refractivity contribution in [2.45, 2.75) is 20.3 Å². The Morgan fingerprint density at radius 2 is 2.00 bits per heavy atom. The fourth-order valence-corrected chi connectivity index (χ4v) is 1.07. The van der Waals surface area contributed by atoms with Gasteiger partial charge in [0, 0.05) is 12.0 Å². The molecule has 0 saturated carbocycles. The number of Topliss-reactive ketones (excluding diaryl/α,β-unsaturated/α-hetero) is 1. The van der Waals surface area contributed by atoms with Crippen molar-refractivity contribution in [2.75, 3.05) is 0 Å². The van der Waals surface area contributed by atoms with Gasteiger partial charge >= 0.3 is 0 Å². The van der Waals surface area contributed by atoms with Gasteiger partial charge in [0.1, 0.15) is 0 Å². The van der Waals surface area contributed by atoms with Crippen molar-refractivity contribution in [3.8, 4) is 0 Å². The van der Waals surface area contributed by atoms with Crippen LogP contribution in [-0.2, 0) is 0 Å². The number of carbonyl (C=O) groups is 1. The molecule has 0 heterocycles. The summed E-state index contributed by atoms with van der Waals surface area (Å²) in [5, 5.41) is 0. The van der Waals surface area contributed by atoms with Gasteiger partial charge in [-0.3, -0.25) is 4.79 Å². The quantitative estimate of drug-likeness (QED) is 0.642. The van der Waals surface area contributed by atoms with Crippen LogP contribution < -0.4 is 0 Å². The van der Waals surface area contributed by atoms with Crippen LogP contribution in [0.15, 0.2) is 30.3 Å². The minimum Gasteiger partial charge on any atom is -0.294 e. The first kappa shape index (κ1) is 9.97. The van der Waals surface area contributed by atoms with Crippen LogP contribution >= 0.6 is 0 Å². The zero-order valence-electron chi connectivity index (χ0n) is 8.16. The normalized spacial score (nSPS) is 12.5. The number of carbonyl (C=O) groups excluding carboxylic acids is 1. The molecule has 69 valence electrons. The molecule has 0 aliphatic rings. The summed E-state index contributed by atoms with van der Waals surface area (Å²) in [6, 6.07) is 9.39. The average Bonchev–Trinajstić information content (AvgIpc) is 2.19. The first-order valence-electron chi connectivity index (χ1n) is 4.68. The highest BCUT2D eigenvalue weighted by molar-refractivity contribution is 6.02. The lowest BCUT2D eigenvalue weighted by atomic mass is 9.98. The molecule has 0 aliphatic carbocycles. The summed E-state index contributed by atoms with van der Waals surface area (Å²) < 4.78 is 0. The predicted octanol–water partition coefficient (Wildman–Crippen LogP) is 3.12. The molecule has 13 heavy (non-hydrogen) atoms. The van der Waals surface area contributed by atoms with Crippen molar-refractivity contribution < 1.29 is 4.79 Å². The molecule has 0 spiro atoms. The summed E-state index contributed by atoms with van der Waals surface area (Å²) in [6.07, 6.45) is 2.80. The summed E-state index contributed by atoms with van der Waals surface area (Å²) in [4.78, 5) is 11.6. The fraction of sp³-hybridized carbons (Fsp3) is 0.333. The van der Waals surface area contributed by atoms with Crippen molar-refractivity contribution >= 4 is 5.78 Å². The molecule has 0 fully saturated rings. The highest BCUT2D eigenvalue weighted by Gasteiger charge is 2.09. The highest BCUT2D eigenvalue weighted by Crippen LogP contribution is 2.10. The van der Waals surface area contributed by atoms with Crippen LogP contribution in [0.1, 0.15) is 30.6 Å². The van der Waals surface area contributed by atoms with Gasteiger partial charge in [0.25, 0.3) is 0 Å². The second-order valence-electron chi connectivity index (χ2n) is 3.28. The molecule has 0 amide bonds. The number of rotatable bonds is 4. The van der Waals surface area contributed by atoms with Gasteiger partial charge in [-0.1, -0.05) is 50.6 Å². The molecule has 1 radical (unpaired) electrons. The van der Waals surface area contributed by atoms with Gasteiger partial charge in [0.05, 0.1) is 0 Å². The van der Waals surface area contributed by atoms with E-state index in [-0.39, 0.29) is 5.78 Å². The Hall–Kier alpha value is -1.11. The maximum absolute atomic E-state index is 11.6. The summed E-state index contributed by atoms with van der Waals surface area (Å²) in [5.74, 6) is 0.502. The highest BCUT2D eigenvalue weighted by atomic mass is 16.1. The van der Waals surface area contributed by atoms with Crippen molar-refractivity contribution in [3.05, 3.63) is 42.3 Å². The second kappa shape index (κ2) is 4.80. The van der Waals surface area contributed by atoms with E-state index in [1.165, 1.54) is 0 Å². The van der Waals surface area contributed by atoms with E-state index in [4.69, 9.17) is 0 Å². The van der Waals surface area contributed by atoms with E-state index in [0.29, 0.717) is 5.92 Å². The van der Waals surface area contributed by atoms with E-state index in [1.807, 2.05) is 30.3 Å². The summed E-state index contributed by atoms with van der Waals surface area (Å²) in [5.41, 5.74) is 0.780. The van der Waals surface area contributed by atoms with Crippen LogP contribution in [0.2, 0.25) is 0 Å². The third-order valence-corrected chi connectivity index (χ3v) is 2.14. The van der Waals surface area contributed by atoms with Crippen LogP contribution in [0.5, 0.6) is 0 Å². The SMILES string of the molecule is CCC(C)[CH]C(=O)c1ccccc1. The zero-order valence-corrected chi connectivity index (χ0v) is 8.16. The first-order chi connectivity index (χ1) is 6.24. The first-order valence-corrected chi connectivity index (χ1v) is 4.68. The fourth-order valence-electron chi connectivity index (χ4n) is 1.07. The molecule has 1 aromatic rings. The van der Waals surface area contributed by atoms with Gasteiger partial charge in [-0.05, 0) is 5.92 Å². The predicted molar refractivity (Wildman–Crippen MR) is 54.5 cm³/mol. The van der Waals surface area contributed by atoms with E-state index in [0.717, 1.165) is 12.0 Å². The lowest BCUT2D eigenvalue weighted by Gasteiger charge is -2.05. The average molecular weight is 175 g/mol. The Morgan fingerprint density at radius 3 is 2.54 bits per heavy atom. The maximum Gasteiger partial charge on any atom is 0.166 e. The van der Waals surface area contributed by atoms with E-state index in [2.05, 4.69) is 13.8 Å². The molecule has 0 aliphatic heterocycles. The van der Waals surface area contributed by atoms with Crippen LogP contribution in [-0.4, -0.2) is 5.78 Å². The van der Waals surface area contributed by atoms with Crippen molar-refractivity contribution in [3.63, 3.8) is 0 Å². The number of hydrogen-bond donors (Lipinski definition) is 0. The largest absolute Gasteiger partial charge is 0.294 e. The lowest BCUT2D eigenvalue weighted by molar-refractivity contribution is 0.101. The van der Waals surface area contributed by atoms with Gasteiger partial charge in [0.2, 0.25) is 0 Å². The molecule has 0 N–H and O–H groups in total. The van der Waals surface area contributed by atoms with Gasteiger partial charge in [-0.2, -0.15) is 0 Å². The molecular formula is C12H15O. The molecular weight excluding hydrogens is 160 g/mol. The van der Waals surface area contributed by atoms with E-state index in [1.54, 1.807) is 6.42 Å². The van der Waals surface area contributed by atoms with Crippen molar-refractivity contribution in [1.82, 2.24) is 0 Å². The summed E-state index contributed by atoms with van der Waals surface area (Å²) in [7, 11) is 0. The smallest absolute Gasteiger partial charge is 0.166 e. The minimum absolute atomic E-state index is 0.134. The number of hydrogen-bond acceptors (Lipinski definition) is 1. The zero-order chi connectivity index (χ0) is 9.68. The Kier molecular flexibility index (Phi) is 3.69. The number of ketones is 1. The minimum atomic E-state index is 0.134. The van der Waals surface area contributed by atoms with Gasteiger partial charge in [-0.25, -0.2) is 0 Å². The van der Waals surface area contributed by atoms with Crippen LogP contribution in [0, 0.1) is 12.3 Å². The van der Waals surface area contributed by atoms with Crippen molar-refractivity contribution in [2.24, 2.45) is 5.92 Å². The van der Waals surface area contributed by atoms with Gasteiger partial charge in [0.15, 0.2) is 5.78 Å². The second-order valence-corrected chi connectivity index (χ2v) is 3.28. The molecule has 1 nitrogen and oxygen atoms in total. The number of benzene rings is 1. The summed E-state index contributed by atoms with van der Waals surface area (Å²) in [6.45, 7) is 4.14. The third-order valence-electron chi connectivity index (χ3n) is 2.14. The third kappa shape index (κ3) is 3.02. The van der Waals surface area contributed by atoms with Crippen LogP contribution in [0.3, 0.4) is 0 Å². The molecule has 1 atom stereocenters. The van der Waals surface area contributed by atoms with Crippen molar-refractivity contribution in [1.29, 1.82) is 0 Å². The Bertz CT molecular complexity index is 264. The molecule has 1 heteroatoms. The molecule has 0 aromatic heterocycles. The molecule has 0 bridgehead atoms. The van der Waals surface area contributed by atoms with Gasteiger partial charge < -0.3 is 0 Å². The van der Waals surface area contributed by atoms with Crippen LogP contribution in [0.25, 0.3) is 0 Å². The van der Waals surface area contributed by atoms with E-state index >= 15 is 0 Å². The van der Waals surface area contributed by atoms with Crippen LogP contribution in [0.4, 0.5) is 0 Å². The molecule has 1 unspecified atom stereocenters. The molecule has 0 saturated heterocycles. The Labute approximate surface area is 79.8 Å². The van der Waals surface area contributed by atoms with E-state index < -0.39 is 0 Å². The van der Waals surface area contributed by atoms with Gasteiger partial charge in [-0.15, -0.1) is 0 Å². The standard InChI is InChI=1S/C12H15O/c1-3-10(2)9-12(13)11-7-5-4-6-8-11/h4-10H,3H2,1-2H3. The molecule has 1 aromatic carbocycles. The maximum atomic E-state index is 11.6. The Balaban J connectivity index is 2.59. The monoisotopic (exact) mass is 175 g/mol. The Morgan fingerprint density at radius 1 is 1.38 bits per heavy atom. The lowest BCUT2D eigenvalue weighted by Crippen LogP contribution is -2.05. The topological polar surface area (TPSA) is 17.1 Å². The van der Waals surface area contributed by atoms with E-state index in [9.17, 15) is 4.79 Å².